The van der Waals surface area contributed by atoms with Gasteiger partial charge in [0.2, 0.25) is 0 Å². The molecular formula is C17H18ClN4O2+. The average molecular weight is 346 g/mol. The van der Waals surface area contributed by atoms with Crippen molar-refractivity contribution < 1.29 is 14.2 Å². The van der Waals surface area contributed by atoms with Crippen molar-refractivity contribution in [3.63, 3.8) is 0 Å². The minimum Gasteiger partial charge on any atom is -0.495 e. The van der Waals surface area contributed by atoms with Crippen molar-refractivity contribution in [3.05, 3.63) is 59.1 Å². The number of nitrogens with two attached hydrogens (primary N) is 1. The van der Waals surface area contributed by atoms with Crippen molar-refractivity contribution in [1.29, 1.82) is 5.41 Å². The highest BCUT2D eigenvalue weighted by Crippen LogP contribution is 2.29. The first-order valence-electron chi connectivity index (χ1n) is 7.27. The van der Waals surface area contributed by atoms with Gasteiger partial charge in [-0.3, -0.25) is 4.79 Å². The quantitative estimate of drug-likeness (QED) is 0.158. The summed E-state index contributed by atoms with van der Waals surface area (Å²) in [6.07, 6.45) is 0.402. The topological polar surface area (TPSA) is 91.5 Å². The van der Waals surface area contributed by atoms with Crippen LogP contribution >= 0.6 is 11.6 Å². The van der Waals surface area contributed by atoms with Gasteiger partial charge in [0.1, 0.15) is 11.4 Å². The Morgan fingerprint density at radius 2 is 1.96 bits per heavy atom. The molecule has 0 saturated heterocycles. The number of ether oxygens (including phenoxy) is 1. The van der Waals surface area contributed by atoms with E-state index >= 15 is 0 Å². The molecule has 2 rings (SSSR count). The lowest BCUT2D eigenvalue weighted by Crippen LogP contribution is -2.17. The lowest BCUT2D eigenvalue weighted by atomic mass is 10.1. The summed E-state index contributed by atoms with van der Waals surface area (Å²) in [6, 6.07) is 13.9. The van der Waals surface area contributed by atoms with Gasteiger partial charge < -0.3 is 4.74 Å². The maximum absolute atomic E-state index is 12.1. The summed E-state index contributed by atoms with van der Waals surface area (Å²) < 4.78 is 6.40. The van der Waals surface area contributed by atoms with Crippen molar-refractivity contribution in [2.24, 2.45) is 11.1 Å². The number of Topliss-reactive ketones (excluding diaryl/α,β-unsaturated/α-hetero) is 1. The number of amidine groups is 1. The molecule has 0 radical (unpaired) electrons. The van der Waals surface area contributed by atoms with Crippen LogP contribution in [0.4, 0.5) is 5.69 Å². The summed E-state index contributed by atoms with van der Waals surface area (Å²) in [5.74, 6) is 5.93. The second-order valence-electron chi connectivity index (χ2n) is 4.98. The van der Waals surface area contributed by atoms with Crippen molar-refractivity contribution >= 4 is 28.9 Å². The molecule has 0 heterocycles. The Labute approximate surface area is 145 Å². The monoisotopic (exact) mass is 345 g/mol. The molecule has 2 aromatic rings. The molecule has 0 spiro atoms. The molecule has 7 heteroatoms. The van der Waals surface area contributed by atoms with Gasteiger partial charge in [-0.15, -0.1) is 4.70 Å². The number of carbonyl (C=O) groups excluding carboxylic acids is 1. The Morgan fingerprint density at radius 3 is 2.58 bits per heavy atom. The fourth-order valence-electron chi connectivity index (χ4n) is 2.18. The van der Waals surface area contributed by atoms with Crippen molar-refractivity contribution in [1.82, 2.24) is 0 Å². The maximum atomic E-state index is 12.1. The number of hydrogen-bond acceptors (Lipinski definition) is 4. The van der Waals surface area contributed by atoms with Crippen LogP contribution in [-0.4, -0.2) is 23.4 Å². The minimum atomic E-state index is -0.0361. The fraction of sp³-hybridized carbons (Fsp3) is 0.176. The molecule has 24 heavy (non-hydrogen) atoms. The molecule has 0 aromatic heterocycles. The minimum absolute atomic E-state index is 0.0361. The maximum Gasteiger partial charge on any atom is 0.254 e. The predicted molar refractivity (Wildman–Crippen MR) is 92.3 cm³/mol. The van der Waals surface area contributed by atoms with E-state index in [1.54, 1.807) is 42.5 Å². The predicted octanol–water partition coefficient (Wildman–Crippen LogP) is 3.96. The van der Waals surface area contributed by atoms with E-state index in [1.165, 1.54) is 11.8 Å². The molecule has 2 aromatic carbocycles. The van der Waals surface area contributed by atoms with E-state index in [-0.39, 0.29) is 24.5 Å². The van der Waals surface area contributed by atoms with Crippen LogP contribution in [0.15, 0.2) is 53.8 Å². The molecule has 0 unspecified atom stereocenters. The molecule has 0 fully saturated rings. The van der Waals surface area contributed by atoms with Gasteiger partial charge in [0.25, 0.3) is 5.84 Å². The van der Waals surface area contributed by atoms with E-state index in [0.29, 0.717) is 22.0 Å². The van der Waals surface area contributed by atoms with Gasteiger partial charge in [0.05, 0.1) is 12.1 Å². The van der Waals surface area contributed by atoms with Gasteiger partial charge in [-0.25, -0.2) is 5.84 Å². The fourth-order valence-corrected chi connectivity index (χ4v) is 2.37. The summed E-state index contributed by atoms with van der Waals surface area (Å²) in [7, 11) is 1.50. The van der Waals surface area contributed by atoms with E-state index in [9.17, 15) is 4.79 Å². The van der Waals surface area contributed by atoms with Crippen LogP contribution in [0.1, 0.15) is 23.2 Å². The van der Waals surface area contributed by atoms with Crippen LogP contribution in [-0.2, 0) is 0 Å². The average Bonchev–Trinajstić information content (AvgIpc) is 2.62. The smallest absolute Gasteiger partial charge is 0.254 e. The summed E-state index contributed by atoms with van der Waals surface area (Å²) in [6.45, 7) is 0. The zero-order valence-electron chi connectivity index (χ0n) is 13.2. The number of methoxy groups -OCH3 is 1. The van der Waals surface area contributed by atoms with Crippen molar-refractivity contribution in [2.75, 3.05) is 7.11 Å². The molecule has 0 aliphatic heterocycles. The highest BCUT2D eigenvalue weighted by atomic mass is 35.5. The number of hydrogen-bond donors (Lipinski definition) is 2. The first-order valence-corrected chi connectivity index (χ1v) is 7.64. The first kappa shape index (κ1) is 17.6. The third kappa shape index (κ3) is 4.17. The second-order valence-corrected chi connectivity index (χ2v) is 5.39. The molecular weight excluding hydrogens is 328 g/mol. The van der Waals surface area contributed by atoms with Crippen molar-refractivity contribution in [2.45, 2.75) is 12.8 Å². The second kappa shape index (κ2) is 8.21. The summed E-state index contributed by atoms with van der Waals surface area (Å²) in [5.41, 5.74) is 1.16. The molecule has 124 valence electrons. The van der Waals surface area contributed by atoms with Gasteiger partial charge >= 0.3 is 0 Å². The highest BCUT2D eigenvalue weighted by molar-refractivity contribution is 6.32. The lowest BCUT2D eigenvalue weighted by Gasteiger charge is -2.08. The van der Waals surface area contributed by atoms with Crippen LogP contribution in [0.5, 0.6) is 5.75 Å². The molecule has 0 bridgehead atoms. The highest BCUT2D eigenvalue weighted by Gasteiger charge is 2.17. The number of ketones is 1. The number of halogens is 1. The number of benzene rings is 2. The van der Waals surface area contributed by atoms with E-state index in [0.717, 1.165) is 0 Å². The standard InChI is InChI=1S/C17H17ClN4O2/c1-24-16-11-13(7-8-14(16)18)22(21-20)17(19)10-9-15(23)12-5-3-2-4-6-12/h2-8,11,19-20H,9-10H2,1H3/p+1. The molecule has 0 amide bonds. The Morgan fingerprint density at radius 1 is 1.25 bits per heavy atom. The van der Waals surface area contributed by atoms with Gasteiger partial charge in [0, 0.05) is 29.7 Å². The van der Waals surface area contributed by atoms with Crippen LogP contribution < -0.4 is 10.6 Å². The summed E-state index contributed by atoms with van der Waals surface area (Å²) in [5, 5.41) is 12.2. The summed E-state index contributed by atoms with van der Waals surface area (Å²) in [4.78, 5) is 12.1. The van der Waals surface area contributed by atoms with Crippen LogP contribution in [0, 0.1) is 5.41 Å². The number of rotatable bonds is 6. The van der Waals surface area contributed by atoms with Gasteiger partial charge in [-0.2, -0.15) is 5.41 Å². The van der Waals surface area contributed by atoms with Crippen molar-refractivity contribution in [3.8, 4) is 5.75 Å². The molecule has 0 aliphatic carbocycles. The van der Waals surface area contributed by atoms with Gasteiger partial charge in [0.15, 0.2) is 5.78 Å². The molecule has 6 nitrogen and oxygen atoms in total. The normalized spacial score (nSPS) is 11.2. The zero-order chi connectivity index (χ0) is 17.5. The molecule has 0 saturated carbocycles. The number of nitrogens with zero attached hydrogens (tertiary/aromatic N) is 2. The van der Waals surface area contributed by atoms with Crippen LogP contribution in [0.25, 0.3) is 0 Å². The number of nitrogens with one attached hydrogen (secondary N) is 1. The van der Waals surface area contributed by atoms with Crippen LogP contribution in [0.3, 0.4) is 0 Å². The third-order valence-electron chi connectivity index (χ3n) is 3.44. The number of carbonyl (C=O) groups is 1. The first-order chi connectivity index (χ1) is 11.6. The van der Waals surface area contributed by atoms with E-state index in [4.69, 9.17) is 27.6 Å². The zero-order valence-corrected chi connectivity index (χ0v) is 14.0. The third-order valence-corrected chi connectivity index (χ3v) is 3.75. The summed E-state index contributed by atoms with van der Waals surface area (Å²) >= 11 is 5.99. The molecule has 0 aliphatic rings. The van der Waals surface area contributed by atoms with E-state index in [1.807, 2.05) is 6.07 Å². The SMILES string of the molecule is COc1cc([N+](=NN)C(=N)CCC(=O)c2ccccc2)ccc1Cl. The molecule has 3 N–H and O–H groups in total. The van der Waals surface area contributed by atoms with Crippen LogP contribution in [0.2, 0.25) is 5.02 Å². The van der Waals surface area contributed by atoms with E-state index in [2.05, 4.69) is 5.22 Å². The Bertz CT molecular complexity index is 775. The van der Waals surface area contributed by atoms with Gasteiger partial charge in [-0.1, -0.05) is 41.9 Å². The Hall–Kier alpha value is -2.73. The Balaban J connectivity index is 2.08. The molecule has 0 atom stereocenters. The van der Waals surface area contributed by atoms with Gasteiger partial charge in [-0.05, 0) is 12.1 Å². The lowest BCUT2D eigenvalue weighted by molar-refractivity contribution is -0.397. The van der Waals surface area contributed by atoms with E-state index < -0.39 is 0 Å². The Kier molecular flexibility index (Phi) is 6.03. The largest absolute Gasteiger partial charge is 0.495 e.